The molecule has 0 N–H and O–H groups in total. The van der Waals surface area contributed by atoms with E-state index in [1.807, 2.05) is 43.3 Å². The van der Waals surface area contributed by atoms with Crippen molar-refractivity contribution in [2.75, 3.05) is 26.1 Å². The standard InChI is InChI=1S/C18H19N5O2/c1-22(2)18-19-11-14(15-9-10-16(24)23(3)21-15)17(20-18)12-5-7-13(25-4)8-6-12/h5-11H,1-4H3. The van der Waals surface area contributed by atoms with Crippen molar-refractivity contribution in [1.29, 1.82) is 0 Å². The van der Waals surface area contributed by atoms with Gasteiger partial charge in [0.25, 0.3) is 5.56 Å². The molecule has 0 saturated heterocycles. The number of benzene rings is 1. The molecular formula is C18H19N5O2. The lowest BCUT2D eigenvalue weighted by molar-refractivity contribution is 0.415. The fraction of sp³-hybridized carbons (Fsp3) is 0.222. The number of nitrogens with zero attached hydrogens (tertiary/aromatic N) is 5. The minimum Gasteiger partial charge on any atom is -0.497 e. The number of ether oxygens (including phenoxy) is 1. The van der Waals surface area contributed by atoms with Crippen molar-refractivity contribution in [2.24, 2.45) is 7.05 Å². The number of aryl methyl sites for hydroxylation is 1. The van der Waals surface area contributed by atoms with E-state index in [2.05, 4.69) is 15.1 Å². The fourth-order valence-corrected chi connectivity index (χ4v) is 2.39. The summed E-state index contributed by atoms with van der Waals surface area (Å²) in [4.78, 5) is 22.5. The van der Waals surface area contributed by atoms with Gasteiger partial charge in [0.05, 0.1) is 18.5 Å². The van der Waals surface area contributed by atoms with Crippen LogP contribution in [0.3, 0.4) is 0 Å². The van der Waals surface area contributed by atoms with Crippen LogP contribution < -0.4 is 15.2 Å². The second-order valence-corrected chi connectivity index (χ2v) is 5.74. The van der Waals surface area contributed by atoms with Crippen LogP contribution in [0.1, 0.15) is 0 Å². The molecule has 3 rings (SSSR count). The Labute approximate surface area is 145 Å². The predicted octanol–water partition coefficient (Wildman–Crippen LogP) is 1.98. The maximum atomic E-state index is 11.6. The first-order chi connectivity index (χ1) is 12.0. The van der Waals surface area contributed by atoms with Gasteiger partial charge in [-0.1, -0.05) is 0 Å². The second-order valence-electron chi connectivity index (χ2n) is 5.74. The Morgan fingerprint density at radius 1 is 1.08 bits per heavy atom. The van der Waals surface area contributed by atoms with Crippen molar-refractivity contribution >= 4 is 5.95 Å². The highest BCUT2D eigenvalue weighted by Gasteiger charge is 2.14. The molecule has 2 aromatic heterocycles. The largest absolute Gasteiger partial charge is 0.497 e. The highest BCUT2D eigenvalue weighted by molar-refractivity contribution is 5.79. The van der Waals surface area contributed by atoms with Crippen LogP contribution in [-0.2, 0) is 7.05 Å². The molecule has 0 saturated carbocycles. The minimum atomic E-state index is -0.166. The molecule has 0 spiro atoms. The third-order valence-electron chi connectivity index (χ3n) is 3.78. The van der Waals surface area contributed by atoms with Crippen LogP contribution in [0.2, 0.25) is 0 Å². The lowest BCUT2D eigenvalue weighted by Crippen LogP contribution is -2.18. The van der Waals surface area contributed by atoms with Gasteiger partial charge in [0.1, 0.15) is 5.75 Å². The summed E-state index contributed by atoms with van der Waals surface area (Å²) in [6.07, 6.45) is 1.73. The minimum absolute atomic E-state index is 0.166. The number of methoxy groups -OCH3 is 1. The van der Waals surface area contributed by atoms with Gasteiger partial charge in [0.2, 0.25) is 5.95 Å². The Kier molecular flexibility index (Phi) is 4.47. The maximum absolute atomic E-state index is 11.6. The molecule has 0 aliphatic heterocycles. The molecule has 0 atom stereocenters. The number of aromatic nitrogens is 4. The highest BCUT2D eigenvalue weighted by Crippen LogP contribution is 2.30. The lowest BCUT2D eigenvalue weighted by Gasteiger charge is -2.14. The van der Waals surface area contributed by atoms with Crippen LogP contribution in [0.15, 0.2) is 47.4 Å². The van der Waals surface area contributed by atoms with Gasteiger partial charge in [0, 0.05) is 44.5 Å². The molecule has 0 bridgehead atoms. The molecule has 3 aromatic rings. The molecule has 128 valence electrons. The topological polar surface area (TPSA) is 73.1 Å². The lowest BCUT2D eigenvalue weighted by atomic mass is 10.0. The number of hydrogen-bond acceptors (Lipinski definition) is 6. The molecule has 0 aliphatic rings. The molecule has 7 heteroatoms. The van der Waals surface area contributed by atoms with Crippen molar-refractivity contribution in [1.82, 2.24) is 19.7 Å². The van der Waals surface area contributed by atoms with Gasteiger partial charge >= 0.3 is 0 Å². The molecule has 0 aliphatic carbocycles. The van der Waals surface area contributed by atoms with Gasteiger partial charge in [-0.3, -0.25) is 4.79 Å². The summed E-state index contributed by atoms with van der Waals surface area (Å²) in [6, 6.07) is 10.8. The number of anilines is 1. The molecule has 2 heterocycles. The summed E-state index contributed by atoms with van der Waals surface area (Å²) in [5, 5.41) is 4.32. The fourth-order valence-electron chi connectivity index (χ4n) is 2.39. The normalized spacial score (nSPS) is 10.6. The van der Waals surface area contributed by atoms with Gasteiger partial charge in [-0.2, -0.15) is 5.10 Å². The first kappa shape index (κ1) is 16.6. The molecule has 7 nitrogen and oxygen atoms in total. The van der Waals surface area contributed by atoms with E-state index >= 15 is 0 Å². The smallest absolute Gasteiger partial charge is 0.266 e. The molecular weight excluding hydrogens is 318 g/mol. The molecule has 0 radical (unpaired) electrons. The number of hydrogen-bond donors (Lipinski definition) is 0. The predicted molar refractivity (Wildman–Crippen MR) is 96.8 cm³/mol. The van der Waals surface area contributed by atoms with Crippen LogP contribution in [0.5, 0.6) is 5.75 Å². The van der Waals surface area contributed by atoms with Gasteiger partial charge < -0.3 is 9.64 Å². The van der Waals surface area contributed by atoms with E-state index in [1.54, 1.807) is 26.4 Å². The zero-order chi connectivity index (χ0) is 18.0. The first-order valence-electron chi connectivity index (χ1n) is 7.73. The molecule has 0 unspecified atom stereocenters. The van der Waals surface area contributed by atoms with Crippen molar-refractivity contribution in [3.63, 3.8) is 0 Å². The van der Waals surface area contributed by atoms with Gasteiger partial charge in [-0.25, -0.2) is 14.6 Å². The summed E-state index contributed by atoms with van der Waals surface area (Å²) in [7, 11) is 7.02. The average Bonchev–Trinajstić information content (AvgIpc) is 2.63. The summed E-state index contributed by atoms with van der Waals surface area (Å²) in [5.41, 5.74) is 2.88. The first-order valence-corrected chi connectivity index (χ1v) is 7.73. The van der Waals surface area contributed by atoms with Crippen molar-refractivity contribution < 1.29 is 4.74 Å². The monoisotopic (exact) mass is 337 g/mol. The third-order valence-corrected chi connectivity index (χ3v) is 3.78. The van der Waals surface area contributed by atoms with Crippen LogP contribution in [0.4, 0.5) is 5.95 Å². The average molecular weight is 337 g/mol. The van der Waals surface area contributed by atoms with Crippen LogP contribution in [0.25, 0.3) is 22.5 Å². The van der Waals surface area contributed by atoms with E-state index in [-0.39, 0.29) is 5.56 Å². The van der Waals surface area contributed by atoms with Crippen LogP contribution in [-0.4, -0.2) is 41.0 Å². The summed E-state index contributed by atoms with van der Waals surface area (Å²) in [6.45, 7) is 0. The molecule has 0 amide bonds. The van der Waals surface area contributed by atoms with Crippen molar-refractivity contribution in [2.45, 2.75) is 0 Å². The van der Waals surface area contributed by atoms with E-state index in [1.165, 1.54) is 10.7 Å². The van der Waals surface area contributed by atoms with E-state index in [0.717, 1.165) is 22.6 Å². The van der Waals surface area contributed by atoms with Crippen LogP contribution >= 0.6 is 0 Å². The zero-order valence-corrected chi connectivity index (χ0v) is 14.6. The van der Waals surface area contributed by atoms with Crippen molar-refractivity contribution in [3.8, 4) is 28.3 Å². The van der Waals surface area contributed by atoms with Gasteiger partial charge in [-0.15, -0.1) is 0 Å². The van der Waals surface area contributed by atoms with Gasteiger partial charge in [-0.05, 0) is 30.3 Å². The Balaban J connectivity index is 2.20. The van der Waals surface area contributed by atoms with Gasteiger partial charge in [0.15, 0.2) is 0 Å². The van der Waals surface area contributed by atoms with E-state index in [0.29, 0.717) is 11.6 Å². The Hall–Kier alpha value is -3.22. The summed E-state index contributed by atoms with van der Waals surface area (Å²) >= 11 is 0. The quantitative estimate of drug-likeness (QED) is 0.725. The maximum Gasteiger partial charge on any atom is 0.266 e. The molecule has 1 aromatic carbocycles. The van der Waals surface area contributed by atoms with Crippen LogP contribution in [0, 0.1) is 0 Å². The Morgan fingerprint density at radius 3 is 2.40 bits per heavy atom. The molecule has 25 heavy (non-hydrogen) atoms. The highest BCUT2D eigenvalue weighted by atomic mass is 16.5. The third kappa shape index (κ3) is 3.35. The number of rotatable bonds is 4. The Morgan fingerprint density at radius 2 is 1.80 bits per heavy atom. The summed E-state index contributed by atoms with van der Waals surface area (Å²) in [5.74, 6) is 1.37. The SMILES string of the molecule is COc1ccc(-c2nc(N(C)C)ncc2-c2ccc(=O)n(C)n2)cc1. The van der Waals surface area contributed by atoms with E-state index < -0.39 is 0 Å². The van der Waals surface area contributed by atoms with Crippen molar-refractivity contribution in [3.05, 3.63) is 52.9 Å². The second kappa shape index (κ2) is 6.72. The summed E-state index contributed by atoms with van der Waals surface area (Å²) < 4.78 is 6.52. The van der Waals surface area contributed by atoms with E-state index in [9.17, 15) is 4.79 Å². The molecule has 0 fully saturated rings. The van der Waals surface area contributed by atoms with E-state index in [4.69, 9.17) is 4.74 Å². The zero-order valence-electron chi connectivity index (χ0n) is 14.6. The Bertz CT molecular complexity index is 948.